The van der Waals surface area contributed by atoms with Crippen molar-refractivity contribution in [3.8, 4) is 17.2 Å². The summed E-state index contributed by atoms with van der Waals surface area (Å²) in [4.78, 5) is 10.9. The molecule has 2 aromatic carbocycles. The van der Waals surface area contributed by atoms with Gasteiger partial charge in [0, 0.05) is 0 Å². The van der Waals surface area contributed by atoms with Crippen molar-refractivity contribution in [2.24, 2.45) is 0 Å². The molecular weight excluding hydrogens is 764 g/mol. The van der Waals surface area contributed by atoms with Gasteiger partial charge in [0.05, 0.1) is 27.3 Å². The van der Waals surface area contributed by atoms with Crippen molar-refractivity contribution in [1.29, 1.82) is 0 Å². The summed E-state index contributed by atoms with van der Waals surface area (Å²) in [5.41, 5.74) is 0.763. The summed E-state index contributed by atoms with van der Waals surface area (Å²) >= 11 is 8.81. The molecule has 0 aliphatic heterocycles. The van der Waals surface area contributed by atoms with Crippen LogP contribution in [0.3, 0.4) is 0 Å². The Hall–Kier alpha value is 0.430. The van der Waals surface area contributed by atoms with Crippen LogP contribution in [0.25, 0.3) is 0 Å². The quantitative estimate of drug-likeness (QED) is 0.371. The van der Waals surface area contributed by atoms with Crippen LogP contribution in [0, 0.1) is 14.3 Å². The number of hydrogen-bond acceptors (Lipinski definition) is 3. The molecule has 0 aromatic heterocycles. The maximum Gasteiger partial charge on any atom is 0.307 e. The van der Waals surface area contributed by atoms with Gasteiger partial charge in [-0.15, -0.1) is 0 Å². The lowest BCUT2D eigenvalue weighted by Gasteiger charge is -2.14. The second kappa shape index (κ2) is 9.39. The molecule has 0 fully saturated rings. The molecule has 0 amide bonds. The van der Waals surface area contributed by atoms with Gasteiger partial charge in [0.15, 0.2) is 5.75 Å². The van der Waals surface area contributed by atoms with Crippen LogP contribution in [0.15, 0.2) is 24.3 Å². The van der Waals surface area contributed by atoms with E-state index < -0.39 is 5.97 Å². The van der Waals surface area contributed by atoms with Gasteiger partial charge >= 0.3 is 5.97 Å². The molecule has 0 atom stereocenters. The standard InChI is InChI=1S/C16H12I4O4/c1-2-23-15-12(19)6-9(7-13(15)20)24-16-10(17)3-8(4-11(16)18)5-14(21)22/h3-4,6-7H,2,5H2,1H3,(H,21,22). The predicted octanol–water partition coefficient (Wildman–Crippen LogP) is 5.92. The lowest BCUT2D eigenvalue weighted by Crippen LogP contribution is -2.02. The molecule has 2 rings (SSSR count). The fourth-order valence-corrected chi connectivity index (χ4v) is 6.12. The molecule has 0 unspecified atom stereocenters. The summed E-state index contributed by atoms with van der Waals surface area (Å²) in [7, 11) is 0. The first-order valence-electron chi connectivity index (χ1n) is 6.81. The van der Waals surface area contributed by atoms with E-state index in [1.165, 1.54) is 0 Å². The Labute approximate surface area is 194 Å². The summed E-state index contributed by atoms with van der Waals surface area (Å²) in [6.45, 7) is 2.58. The summed E-state index contributed by atoms with van der Waals surface area (Å²) in [5, 5.41) is 8.93. The van der Waals surface area contributed by atoms with Crippen molar-refractivity contribution in [3.63, 3.8) is 0 Å². The Kier molecular flexibility index (Phi) is 8.11. The highest BCUT2D eigenvalue weighted by Crippen LogP contribution is 2.37. The second-order valence-corrected chi connectivity index (χ2v) is 9.36. The number of carboxylic acid groups (broad SMARTS) is 1. The predicted molar refractivity (Wildman–Crippen MR) is 126 cm³/mol. The van der Waals surface area contributed by atoms with Crippen molar-refractivity contribution in [1.82, 2.24) is 0 Å². The van der Waals surface area contributed by atoms with Gasteiger partial charge in [0.2, 0.25) is 0 Å². The van der Waals surface area contributed by atoms with Crippen LogP contribution in [-0.4, -0.2) is 17.7 Å². The minimum atomic E-state index is -0.842. The van der Waals surface area contributed by atoms with Gasteiger partial charge < -0.3 is 14.6 Å². The van der Waals surface area contributed by atoms with Crippen LogP contribution < -0.4 is 9.47 Å². The minimum absolute atomic E-state index is 0.00509. The summed E-state index contributed by atoms with van der Waals surface area (Å²) in [6, 6.07) is 7.56. The number of hydrogen-bond donors (Lipinski definition) is 1. The third kappa shape index (κ3) is 5.46. The van der Waals surface area contributed by atoms with Crippen LogP contribution in [0.4, 0.5) is 0 Å². The number of aliphatic carboxylic acids is 1. The molecule has 24 heavy (non-hydrogen) atoms. The topological polar surface area (TPSA) is 55.8 Å². The maximum atomic E-state index is 10.9. The molecule has 0 aliphatic rings. The molecule has 0 saturated heterocycles. The molecule has 2 aromatic rings. The number of benzene rings is 2. The van der Waals surface area contributed by atoms with E-state index in [4.69, 9.17) is 14.6 Å². The minimum Gasteiger partial charge on any atom is -0.492 e. The van der Waals surface area contributed by atoms with Gasteiger partial charge in [-0.25, -0.2) is 0 Å². The van der Waals surface area contributed by atoms with Crippen molar-refractivity contribution < 1.29 is 19.4 Å². The van der Waals surface area contributed by atoms with Crippen LogP contribution in [-0.2, 0) is 11.2 Å². The average molecular weight is 776 g/mol. The van der Waals surface area contributed by atoms with E-state index in [9.17, 15) is 4.79 Å². The highest BCUT2D eigenvalue weighted by Gasteiger charge is 2.14. The smallest absolute Gasteiger partial charge is 0.307 e. The fourth-order valence-electron chi connectivity index (χ4n) is 1.98. The molecular formula is C16H12I4O4. The molecule has 1 N–H and O–H groups in total. The Morgan fingerprint density at radius 2 is 1.46 bits per heavy atom. The number of rotatable bonds is 6. The van der Waals surface area contributed by atoms with Crippen molar-refractivity contribution in [3.05, 3.63) is 44.1 Å². The lowest BCUT2D eigenvalue weighted by molar-refractivity contribution is -0.136. The molecule has 0 radical (unpaired) electrons. The Morgan fingerprint density at radius 1 is 0.958 bits per heavy atom. The maximum absolute atomic E-state index is 10.9. The molecule has 0 bridgehead atoms. The zero-order valence-corrected chi connectivity index (χ0v) is 21.0. The van der Waals surface area contributed by atoms with E-state index in [2.05, 4.69) is 90.4 Å². The van der Waals surface area contributed by atoms with Gasteiger partial charge in [-0.3, -0.25) is 4.79 Å². The van der Waals surface area contributed by atoms with E-state index in [0.29, 0.717) is 6.61 Å². The third-order valence-electron chi connectivity index (χ3n) is 2.89. The van der Waals surface area contributed by atoms with Crippen LogP contribution in [0.1, 0.15) is 12.5 Å². The average Bonchev–Trinajstić information content (AvgIpc) is 2.46. The SMILES string of the molecule is CCOc1c(I)cc(Oc2c(I)cc(CC(=O)O)cc2I)cc1I. The normalized spacial score (nSPS) is 10.5. The Balaban J connectivity index is 2.33. The first kappa shape index (κ1) is 20.7. The van der Waals surface area contributed by atoms with E-state index >= 15 is 0 Å². The van der Waals surface area contributed by atoms with Crippen LogP contribution >= 0.6 is 90.4 Å². The first-order valence-corrected chi connectivity index (χ1v) is 11.1. The molecule has 8 heteroatoms. The van der Waals surface area contributed by atoms with Gasteiger partial charge in [-0.05, 0) is 127 Å². The van der Waals surface area contributed by atoms with Crippen molar-refractivity contribution in [2.45, 2.75) is 13.3 Å². The third-order valence-corrected chi connectivity index (χ3v) is 6.10. The van der Waals surface area contributed by atoms with Gasteiger partial charge in [-0.1, -0.05) is 0 Å². The van der Waals surface area contributed by atoms with Gasteiger partial charge in [-0.2, -0.15) is 0 Å². The summed E-state index contributed by atoms with van der Waals surface area (Å²) < 4.78 is 15.5. The number of carbonyl (C=O) groups is 1. The highest BCUT2D eigenvalue weighted by atomic mass is 127. The molecule has 0 spiro atoms. The van der Waals surface area contributed by atoms with Crippen LogP contribution in [0.2, 0.25) is 0 Å². The number of halogens is 4. The second-order valence-electron chi connectivity index (χ2n) is 4.71. The zero-order chi connectivity index (χ0) is 17.9. The number of ether oxygens (including phenoxy) is 2. The first-order chi connectivity index (χ1) is 11.3. The molecule has 128 valence electrons. The molecule has 0 aliphatic carbocycles. The Morgan fingerprint density at radius 3 is 1.92 bits per heavy atom. The molecule has 4 nitrogen and oxygen atoms in total. The summed E-state index contributed by atoms with van der Waals surface area (Å²) in [5.74, 6) is 1.49. The molecule has 0 heterocycles. The molecule has 0 saturated carbocycles. The van der Waals surface area contributed by atoms with E-state index in [-0.39, 0.29) is 6.42 Å². The van der Waals surface area contributed by atoms with Crippen LogP contribution in [0.5, 0.6) is 17.2 Å². The van der Waals surface area contributed by atoms with Gasteiger partial charge in [0.25, 0.3) is 0 Å². The van der Waals surface area contributed by atoms with Gasteiger partial charge in [0.1, 0.15) is 11.5 Å². The van der Waals surface area contributed by atoms with E-state index in [0.717, 1.165) is 37.1 Å². The monoisotopic (exact) mass is 776 g/mol. The zero-order valence-electron chi connectivity index (χ0n) is 12.4. The fraction of sp³-hybridized carbons (Fsp3) is 0.188. The van der Waals surface area contributed by atoms with E-state index in [1.54, 1.807) is 0 Å². The number of carboxylic acids is 1. The Bertz CT molecular complexity index is 731. The van der Waals surface area contributed by atoms with Crippen molar-refractivity contribution in [2.75, 3.05) is 6.61 Å². The van der Waals surface area contributed by atoms with Crippen molar-refractivity contribution >= 4 is 96.3 Å². The van der Waals surface area contributed by atoms with E-state index in [1.807, 2.05) is 31.2 Å². The highest BCUT2D eigenvalue weighted by molar-refractivity contribution is 14.1. The summed E-state index contributed by atoms with van der Waals surface area (Å²) in [6.07, 6.45) is 0.00509. The largest absolute Gasteiger partial charge is 0.492 e. The lowest BCUT2D eigenvalue weighted by atomic mass is 10.1.